The second-order valence-corrected chi connectivity index (χ2v) is 7.36. The number of pyridine rings is 1. The Morgan fingerprint density at radius 1 is 1.10 bits per heavy atom. The van der Waals surface area contributed by atoms with Gasteiger partial charge in [-0.15, -0.1) is 0 Å². The molecule has 144 valence electrons. The van der Waals surface area contributed by atoms with E-state index in [-0.39, 0.29) is 11.5 Å². The number of amides is 1. The van der Waals surface area contributed by atoms with Crippen molar-refractivity contribution in [3.05, 3.63) is 94.1 Å². The standard InChI is InChI=1S/C23H18BrN3O2/c1-2-15-6-9-18(10-7-15)26-23-19(22(28)27-21-5-3-4-12-25-21)14-16-13-17(24)8-11-20(16)29-23/h3-14H,2H2,1H3,(H,25,27,28). The molecule has 0 aliphatic heterocycles. The number of hydrogen-bond donors (Lipinski definition) is 1. The van der Waals surface area contributed by atoms with Gasteiger partial charge in [-0.1, -0.05) is 41.1 Å². The highest BCUT2D eigenvalue weighted by molar-refractivity contribution is 9.10. The summed E-state index contributed by atoms with van der Waals surface area (Å²) < 4.78 is 6.90. The zero-order valence-corrected chi connectivity index (χ0v) is 17.3. The van der Waals surface area contributed by atoms with Crippen LogP contribution in [0.3, 0.4) is 0 Å². The Labute approximate surface area is 176 Å². The summed E-state index contributed by atoms with van der Waals surface area (Å²) >= 11 is 3.46. The fourth-order valence-electron chi connectivity index (χ4n) is 2.89. The van der Waals surface area contributed by atoms with Crippen molar-refractivity contribution in [2.24, 2.45) is 4.99 Å². The highest BCUT2D eigenvalue weighted by Gasteiger charge is 2.14. The molecule has 0 atom stereocenters. The maximum atomic E-state index is 13.0. The minimum atomic E-state index is -0.335. The minimum absolute atomic E-state index is 0.248. The van der Waals surface area contributed by atoms with Crippen LogP contribution in [0.1, 0.15) is 22.8 Å². The van der Waals surface area contributed by atoms with Crippen molar-refractivity contribution >= 4 is 44.3 Å². The summed E-state index contributed by atoms with van der Waals surface area (Å²) in [6.07, 6.45) is 2.57. The van der Waals surface area contributed by atoms with E-state index in [1.807, 2.05) is 48.5 Å². The summed E-state index contributed by atoms with van der Waals surface area (Å²) in [5.74, 6) is 0.128. The number of anilines is 1. The first-order valence-electron chi connectivity index (χ1n) is 9.22. The Morgan fingerprint density at radius 3 is 2.66 bits per heavy atom. The van der Waals surface area contributed by atoms with Crippen LogP contribution in [0.25, 0.3) is 11.0 Å². The van der Waals surface area contributed by atoms with E-state index in [4.69, 9.17) is 4.42 Å². The molecule has 0 unspecified atom stereocenters. The molecule has 6 heteroatoms. The topological polar surface area (TPSA) is 67.5 Å². The van der Waals surface area contributed by atoms with E-state index in [0.29, 0.717) is 22.7 Å². The zero-order valence-electron chi connectivity index (χ0n) is 15.7. The van der Waals surface area contributed by atoms with Crippen LogP contribution in [0.15, 0.2) is 86.8 Å². The number of fused-ring (bicyclic) bond motifs is 1. The molecule has 0 fully saturated rings. The van der Waals surface area contributed by atoms with Crippen LogP contribution in [-0.4, -0.2) is 10.9 Å². The molecule has 1 N–H and O–H groups in total. The third-order valence-corrected chi connectivity index (χ3v) is 4.93. The van der Waals surface area contributed by atoms with Gasteiger partial charge in [0.05, 0.1) is 5.69 Å². The van der Waals surface area contributed by atoms with Crippen LogP contribution in [0.2, 0.25) is 0 Å². The number of aryl methyl sites for hydroxylation is 1. The molecule has 0 saturated heterocycles. The van der Waals surface area contributed by atoms with Crippen LogP contribution in [0.5, 0.6) is 0 Å². The molecule has 4 aromatic rings. The first-order valence-corrected chi connectivity index (χ1v) is 10.0. The van der Waals surface area contributed by atoms with E-state index in [1.165, 1.54) is 5.56 Å². The lowest BCUT2D eigenvalue weighted by Gasteiger charge is -2.07. The van der Waals surface area contributed by atoms with Crippen molar-refractivity contribution in [1.29, 1.82) is 0 Å². The molecule has 5 nitrogen and oxygen atoms in total. The summed E-state index contributed by atoms with van der Waals surface area (Å²) in [6, 6.07) is 20.6. The molecule has 2 heterocycles. The Morgan fingerprint density at radius 2 is 1.93 bits per heavy atom. The molecular formula is C23H18BrN3O2. The second-order valence-electron chi connectivity index (χ2n) is 6.45. The van der Waals surface area contributed by atoms with Crippen molar-refractivity contribution in [1.82, 2.24) is 4.98 Å². The van der Waals surface area contributed by atoms with Gasteiger partial charge in [-0.2, -0.15) is 0 Å². The summed E-state index contributed by atoms with van der Waals surface area (Å²) in [6.45, 7) is 2.10. The van der Waals surface area contributed by atoms with Gasteiger partial charge in [0.2, 0.25) is 5.55 Å². The van der Waals surface area contributed by atoms with Gasteiger partial charge in [0.1, 0.15) is 17.0 Å². The van der Waals surface area contributed by atoms with Crippen LogP contribution < -0.4 is 10.9 Å². The summed E-state index contributed by atoms with van der Waals surface area (Å²) in [4.78, 5) is 21.7. The van der Waals surface area contributed by atoms with Crippen molar-refractivity contribution in [3.63, 3.8) is 0 Å². The quantitative estimate of drug-likeness (QED) is 0.440. The lowest BCUT2D eigenvalue weighted by atomic mass is 10.1. The van der Waals surface area contributed by atoms with Crippen LogP contribution in [0.4, 0.5) is 11.5 Å². The molecule has 0 aliphatic rings. The molecule has 0 bridgehead atoms. The lowest BCUT2D eigenvalue weighted by molar-refractivity contribution is 0.102. The Kier molecular flexibility index (Phi) is 5.53. The van der Waals surface area contributed by atoms with Gasteiger partial charge in [-0.05, 0) is 60.5 Å². The summed E-state index contributed by atoms with van der Waals surface area (Å²) in [5.41, 5.74) is 3.16. The van der Waals surface area contributed by atoms with Gasteiger partial charge < -0.3 is 9.73 Å². The van der Waals surface area contributed by atoms with Crippen molar-refractivity contribution in [3.8, 4) is 0 Å². The number of carbonyl (C=O) groups excluding carboxylic acids is 1. The maximum absolute atomic E-state index is 13.0. The van der Waals surface area contributed by atoms with E-state index in [1.54, 1.807) is 24.4 Å². The first-order chi connectivity index (χ1) is 14.1. The predicted octanol–water partition coefficient (Wildman–Crippen LogP) is 5.64. The average molecular weight is 448 g/mol. The van der Waals surface area contributed by atoms with Crippen molar-refractivity contribution in [2.45, 2.75) is 13.3 Å². The van der Waals surface area contributed by atoms with E-state index >= 15 is 0 Å². The first kappa shape index (κ1) is 19.1. The molecule has 1 amide bonds. The molecule has 2 aromatic carbocycles. The maximum Gasteiger partial charge on any atom is 0.262 e. The number of hydrogen-bond acceptors (Lipinski definition) is 4. The van der Waals surface area contributed by atoms with Crippen molar-refractivity contribution in [2.75, 3.05) is 5.32 Å². The molecular weight excluding hydrogens is 430 g/mol. The Hall–Kier alpha value is -3.25. The van der Waals surface area contributed by atoms with E-state index in [2.05, 4.69) is 38.1 Å². The summed E-state index contributed by atoms with van der Waals surface area (Å²) in [7, 11) is 0. The van der Waals surface area contributed by atoms with Gasteiger partial charge in [-0.3, -0.25) is 4.79 Å². The van der Waals surface area contributed by atoms with Crippen molar-refractivity contribution < 1.29 is 9.21 Å². The predicted molar refractivity (Wildman–Crippen MR) is 117 cm³/mol. The molecule has 0 spiro atoms. The SMILES string of the molecule is CCc1ccc(N=c2oc3ccc(Br)cc3cc2C(=O)Nc2ccccn2)cc1. The van der Waals surface area contributed by atoms with Gasteiger partial charge in [0, 0.05) is 16.1 Å². The number of nitrogens with zero attached hydrogens (tertiary/aromatic N) is 2. The second kappa shape index (κ2) is 8.41. The normalized spacial score (nSPS) is 11.6. The largest absolute Gasteiger partial charge is 0.438 e. The summed E-state index contributed by atoms with van der Waals surface area (Å²) in [5, 5.41) is 3.60. The molecule has 2 aromatic heterocycles. The number of carbonyl (C=O) groups is 1. The smallest absolute Gasteiger partial charge is 0.262 e. The number of aromatic nitrogens is 1. The minimum Gasteiger partial charge on any atom is -0.438 e. The van der Waals surface area contributed by atoms with E-state index in [0.717, 1.165) is 16.3 Å². The number of nitrogens with one attached hydrogen (secondary N) is 1. The number of halogens is 1. The highest BCUT2D eigenvalue weighted by atomic mass is 79.9. The van der Waals surface area contributed by atoms with Crippen LogP contribution in [-0.2, 0) is 6.42 Å². The van der Waals surface area contributed by atoms with Crippen LogP contribution in [0, 0.1) is 0 Å². The monoisotopic (exact) mass is 447 g/mol. The van der Waals surface area contributed by atoms with E-state index < -0.39 is 0 Å². The lowest BCUT2D eigenvalue weighted by Crippen LogP contribution is -2.22. The van der Waals surface area contributed by atoms with Gasteiger partial charge in [-0.25, -0.2) is 9.98 Å². The van der Waals surface area contributed by atoms with Gasteiger partial charge in [0.25, 0.3) is 5.91 Å². The highest BCUT2D eigenvalue weighted by Crippen LogP contribution is 2.21. The molecule has 0 radical (unpaired) electrons. The fraction of sp³-hybridized carbons (Fsp3) is 0.0870. The number of benzene rings is 2. The average Bonchev–Trinajstić information content (AvgIpc) is 2.74. The molecule has 29 heavy (non-hydrogen) atoms. The zero-order chi connectivity index (χ0) is 20.2. The molecule has 4 rings (SSSR count). The van der Waals surface area contributed by atoms with Gasteiger partial charge >= 0.3 is 0 Å². The molecule has 0 aliphatic carbocycles. The third-order valence-electron chi connectivity index (χ3n) is 4.44. The van der Waals surface area contributed by atoms with E-state index in [9.17, 15) is 4.79 Å². The fourth-order valence-corrected chi connectivity index (χ4v) is 3.27. The Bertz CT molecular complexity index is 1230. The van der Waals surface area contributed by atoms with Crippen LogP contribution >= 0.6 is 15.9 Å². The number of rotatable bonds is 4. The van der Waals surface area contributed by atoms with Gasteiger partial charge in [0.15, 0.2) is 0 Å². The third kappa shape index (κ3) is 4.43. The molecule has 0 saturated carbocycles. The Balaban J connectivity index is 1.84.